The van der Waals surface area contributed by atoms with E-state index in [9.17, 15) is 0 Å². The molecule has 0 saturated heterocycles. The van der Waals surface area contributed by atoms with Crippen molar-refractivity contribution in [3.63, 3.8) is 0 Å². The Morgan fingerprint density at radius 3 is 2.76 bits per heavy atom. The fourth-order valence-corrected chi connectivity index (χ4v) is 2.50. The van der Waals surface area contributed by atoms with Crippen LogP contribution in [0.5, 0.6) is 11.5 Å². The van der Waals surface area contributed by atoms with Gasteiger partial charge in [-0.05, 0) is 49.8 Å². The fraction of sp³-hybridized carbons (Fsp3) is 0.250. The number of para-hydroxylation sites is 1. The maximum Gasteiger partial charge on any atom is 0.171 e. The highest BCUT2D eigenvalue weighted by molar-refractivity contribution is 7.80. The summed E-state index contributed by atoms with van der Waals surface area (Å²) in [6, 6.07) is 15.7. The average molecular weight is 356 g/mol. The van der Waals surface area contributed by atoms with Crippen molar-refractivity contribution in [1.29, 1.82) is 0 Å². The zero-order valence-electron chi connectivity index (χ0n) is 14.6. The highest BCUT2D eigenvalue weighted by Crippen LogP contribution is 2.18. The second kappa shape index (κ2) is 9.69. The summed E-state index contributed by atoms with van der Waals surface area (Å²) in [5.41, 5.74) is 1.98. The molecule has 132 valence electrons. The molecule has 0 aromatic heterocycles. The summed E-state index contributed by atoms with van der Waals surface area (Å²) < 4.78 is 11.3. The third kappa shape index (κ3) is 6.47. The van der Waals surface area contributed by atoms with E-state index in [1.54, 1.807) is 6.08 Å². The maximum absolute atomic E-state index is 5.83. The van der Waals surface area contributed by atoms with Crippen molar-refractivity contribution >= 4 is 23.0 Å². The average Bonchev–Trinajstić information content (AvgIpc) is 2.59. The van der Waals surface area contributed by atoms with Crippen LogP contribution in [0.3, 0.4) is 0 Å². The van der Waals surface area contributed by atoms with Crippen molar-refractivity contribution in [3.05, 3.63) is 66.7 Å². The molecule has 0 heterocycles. The van der Waals surface area contributed by atoms with Crippen LogP contribution in [0.25, 0.3) is 0 Å². The first kappa shape index (κ1) is 18.8. The third-order valence-electron chi connectivity index (χ3n) is 3.42. The number of aryl methyl sites for hydroxylation is 1. The van der Waals surface area contributed by atoms with E-state index in [0.29, 0.717) is 18.3 Å². The molecule has 0 spiro atoms. The Morgan fingerprint density at radius 2 is 2.00 bits per heavy atom. The molecule has 2 aromatic rings. The minimum atomic E-state index is 0.0693. The van der Waals surface area contributed by atoms with E-state index < -0.39 is 0 Å². The van der Waals surface area contributed by atoms with Crippen LogP contribution in [0.2, 0.25) is 0 Å². The number of hydrogen-bond donors (Lipinski definition) is 2. The van der Waals surface area contributed by atoms with Crippen molar-refractivity contribution < 1.29 is 9.47 Å². The Balaban J connectivity index is 1.81. The zero-order valence-corrected chi connectivity index (χ0v) is 15.4. The van der Waals surface area contributed by atoms with Crippen LogP contribution in [0.15, 0.2) is 61.2 Å². The normalized spacial score (nSPS) is 11.3. The minimum Gasteiger partial charge on any atom is -0.491 e. The Labute approximate surface area is 154 Å². The molecule has 25 heavy (non-hydrogen) atoms. The number of hydrogen-bond acceptors (Lipinski definition) is 3. The summed E-state index contributed by atoms with van der Waals surface area (Å²) >= 11 is 5.36. The molecule has 4 nitrogen and oxygen atoms in total. The number of rotatable bonds is 8. The van der Waals surface area contributed by atoms with E-state index >= 15 is 0 Å². The fourth-order valence-electron chi connectivity index (χ4n) is 2.18. The molecule has 2 rings (SSSR count). The molecule has 0 amide bonds. The van der Waals surface area contributed by atoms with Crippen LogP contribution >= 0.6 is 12.2 Å². The molecular weight excluding hydrogens is 332 g/mol. The third-order valence-corrected chi connectivity index (χ3v) is 3.64. The summed E-state index contributed by atoms with van der Waals surface area (Å²) in [7, 11) is 0. The highest BCUT2D eigenvalue weighted by Gasteiger charge is 2.07. The van der Waals surface area contributed by atoms with Crippen LogP contribution in [0.4, 0.5) is 5.69 Å². The largest absolute Gasteiger partial charge is 0.491 e. The summed E-state index contributed by atoms with van der Waals surface area (Å²) in [6.45, 7) is 8.69. The first-order chi connectivity index (χ1) is 12.1. The van der Waals surface area contributed by atoms with Crippen molar-refractivity contribution in [3.8, 4) is 11.5 Å². The van der Waals surface area contributed by atoms with Gasteiger partial charge in [-0.15, -0.1) is 0 Å². The van der Waals surface area contributed by atoms with Crippen molar-refractivity contribution in [1.82, 2.24) is 5.32 Å². The van der Waals surface area contributed by atoms with Crippen LogP contribution < -0.4 is 20.1 Å². The van der Waals surface area contributed by atoms with E-state index in [2.05, 4.69) is 17.2 Å². The second-order valence-corrected chi connectivity index (χ2v) is 6.11. The van der Waals surface area contributed by atoms with Gasteiger partial charge in [-0.3, -0.25) is 0 Å². The van der Waals surface area contributed by atoms with Gasteiger partial charge in [-0.1, -0.05) is 36.9 Å². The molecule has 1 unspecified atom stereocenters. The Kier molecular flexibility index (Phi) is 7.29. The predicted molar refractivity (Wildman–Crippen MR) is 108 cm³/mol. The van der Waals surface area contributed by atoms with Gasteiger partial charge in [-0.2, -0.15) is 0 Å². The molecule has 2 N–H and O–H groups in total. The van der Waals surface area contributed by atoms with Crippen LogP contribution in [-0.2, 0) is 0 Å². The van der Waals surface area contributed by atoms with Gasteiger partial charge in [0, 0.05) is 11.8 Å². The van der Waals surface area contributed by atoms with E-state index in [1.165, 1.54) is 0 Å². The van der Waals surface area contributed by atoms with Crippen molar-refractivity contribution in [2.75, 3.05) is 18.5 Å². The summed E-state index contributed by atoms with van der Waals surface area (Å²) in [5.74, 6) is 1.66. The number of ether oxygens (including phenoxy) is 2. The standard InChI is InChI=1S/C20H24N2O2S/c1-4-12-23-18-10-7-9-17(13-18)22-20(25)21-16(3)14-24-19-11-6-5-8-15(19)2/h4-11,13,16H,1,12,14H2,2-3H3,(H2,21,22,25). The number of thiocarbonyl (C=S) groups is 1. The molecule has 1 atom stereocenters. The zero-order chi connectivity index (χ0) is 18.1. The molecule has 0 aliphatic carbocycles. The van der Waals surface area contributed by atoms with E-state index in [1.807, 2.05) is 62.4 Å². The highest BCUT2D eigenvalue weighted by atomic mass is 32.1. The van der Waals surface area contributed by atoms with Gasteiger partial charge in [0.05, 0.1) is 6.04 Å². The molecule has 0 radical (unpaired) electrons. The number of anilines is 1. The van der Waals surface area contributed by atoms with Gasteiger partial charge >= 0.3 is 0 Å². The Morgan fingerprint density at radius 1 is 1.20 bits per heavy atom. The Hall–Kier alpha value is -2.53. The smallest absolute Gasteiger partial charge is 0.171 e. The first-order valence-corrected chi connectivity index (χ1v) is 8.59. The molecule has 2 aromatic carbocycles. The molecule has 0 bridgehead atoms. The minimum absolute atomic E-state index is 0.0693. The summed E-state index contributed by atoms with van der Waals surface area (Å²) in [4.78, 5) is 0. The SMILES string of the molecule is C=CCOc1cccc(NC(=S)NC(C)COc2ccccc2C)c1. The number of benzene rings is 2. The molecule has 0 fully saturated rings. The first-order valence-electron chi connectivity index (χ1n) is 8.18. The van der Waals surface area contributed by atoms with Crippen LogP contribution in [0, 0.1) is 6.92 Å². The molecule has 0 saturated carbocycles. The van der Waals surface area contributed by atoms with Gasteiger partial charge in [0.15, 0.2) is 5.11 Å². The number of nitrogens with one attached hydrogen (secondary N) is 2. The van der Waals surface area contributed by atoms with E-state index in [4.69, 9.17) is 21.7 Å². The topological polar surface area (TPSA) is 42.5 Å². The van der Waals surface area contributed by atoms with Gasteiger partial charge in [0.2, 0.25) is 0 Å². The van der Waals surface area contributed by atoms with Gasteiger partial charge in [0.1, 0.15) is 24.7 Å². The molecule has 0 aliphatic heterocycles. The molecular formula is C20H24N2O2S. The van der Waals surface area contributed by atoms with Gasteiger partial charge in [0.25, 0.3) is 0 Å². The summed E-state index contributed by atoms with van der Waals surface area (Å²) in [5, 5.41) is 6.92. The van der Waals surface area contributed by atoms with Crippen LogP contribution in [-0.4, -0.2) is 24.4 Å². The monoisotopic (exact) mass is 356 g/mol. The summed E-state index contributed by atoms with van der Waals surface area (Å²) in [6.07, 6.45) is 1.71. The van der Waals surface area contributed by atoms with E-state index in [-0.39, 0.29) is 6.04 Å². The quantitative estimate of drug-likeness (QED) is 0.545. The van der Waals surface area contributed by atoms with Crippen LogP contribution in [0.1, 0.15) is 12.5 Å². The lowest BCUT2D eigenvalue weighted by atomic mass is 10.2. The maximum atomic E-state index is 5.83. The molecule has 0 aliphatic rings. The van der Waals surface area contributed by atoms with Gasteiger partial charge in [-0.25, -0.2) is 0 Å². The molecule has 5 heteroatoms. The van der Waals surface area contributed by atoms with Gasteiger partial charge < -0.3 is 20.1 Å². The van der Waals surface area contributed by atoms with Crippen molar-refractivity contribution in [2.45, 2.75) is 19.9 Å². The Bertz CT molecular complexity index is 718. The lowest BCUT2D eigenvalue weighted by Crippen LogP contribution is -2.39. The van der Waals surface area contributed by atoms with E-state index in [0.717, 1.165) is 22.7 Å². The predicted octanol–water partition coefficient (Wildman–Crippen LogP) is 4.31. The lowest BCUT2D eigenvalue weighted by Gasteiger charge is -2.18. The van der Waals surface area contributed by atoms with Crippen molar-refractivity contribution in [2.24, 2.45) is 0 Å². The second-order valence-electron chi connectivity index (χ2n) is 5.70. The lowest BCUT2D eigenvalue weighted by molar-refractivity contribution is 0.285.